The third kappa shape index (κ3) is 4.15. The fourth-order valence-electron chi connectivity index (χ4n) is 3.88. The Kier molecular flexibility index (Phi) is 5.47. The van der Waals surface area contributed by atoms with Gasteiger partial charge in [-0.1, -0.05) is 12.1 Å². The second kappa shape index (κ2) is 8.46. The number of aliphatic hydroxyl groups is 2. The molecule has 170 valence electrons. The second-order valence-corrected chi connectivity index (χ2v) is 8.73. The van der Waals surface area contributed by atoms with Gasteiger partial charge >= 0.3 is 0 Å². The lowest BCUT2D eigenvalue weighted by Crippen LogP contribution is -2.25. The van der Waals surface area contributed by atoms with Crippen LogP contribution in [0.3, 0.4) is 0 Å². The molecule has 1 saturated carbocycles. The number of amides is 1. The molecule has 8 nitrogen and oxygen atoms in total. The van der Waals surface area contributed by atoms with Crippen molar-refractivity contribution in [3.63, 3.8) is 0 Å². The van der Waals surface area contributed by atoms with Gasteiger partial charge in [0.05, 0.1) is 35.6 Å². The molecule has 2 heterocycles. The number of aromatic nitrogens is 3. The highest BCUT2D eigenvalue weighted by molar-refractivity contribution is 5.95. The van der Waals surface area contributed by atoms with E-state index in [1.54, 1.807) is 6.20 Å². The molecular formula is C25H27N5O3. The highest BCUT2D eigenvalue weighted by atomic mass is 16.3. The Morgan fingerprint density at radius 2 is 1.91 bits per heavy atom. The number of carbonyl (C=O) groups excluding carboxylic acids is 1. The van der Waals surface area contributed by atoms with E-state index in [2.05, 4.69) is 28.6 Å². The smallest absolute Gasteiger partial charge is 0.251 e. The maximum absolute atomic E-state index is 12.4. The number of rotatable bonds is 7. The molecule has 4 N–H and O–H groups in total. The number of aryl methyl sites for hydroxylation is 2. The van der Waals surface area contributed by atoms with Crippen LogP contribution in [-0.4, -0.2) is 55.8 Å². The van der Waals surface area contributed by atoms with Crippen molar-refractivity contribution in [2.45, 2.75) is 38.8 Å². The Labute approximate surface area is 191 Å². The summed E-state index contributed by atoms with van der Waals surface area (Å²) in [5, 5.41) is 25.1. The summed E-state index contributed by atoms with van der Waals surface area (Å²) in [6.45, 7) is 3.93. The standard InChI is InChI=1S/C25H27N5O3/c1-14-9-20-21(10-15(14)2)30-22(12-27-24(30)23(29-20)26-11-19(32)13-31)16-3-5-17(6-4-16)25(33)28-18-7-8-18/h3-6,9-10,12,18-19,31-32H,7-8,11,13H2,1-2H3,(H,26,29)(H,28,33)/t19-/m1/s1. The number of aliphatic hydroxyl groups excluding tert-OH is 2. The Morgan fingerprint density at radius 3 is 2.61 bits per heavy atom. The van der Waals surface area contributed by atoms with E-state index in [1.165, 1.54) is 0 Å². The molecule has 5 rings (SSSR count). The van der Waals surface area contributed by atoms with Gasteiger partial charge in [0.2, 0.25) is 0 Å². The molecule has 0 spiro atoms. The Hall–Kier alpha value is -3.49. The fourth-order valence-corrected chi connectivity index (χ4v) is 3.88. The van der Waals surface area contributed by atoms with Crippen LogP contribution in [0, 0.1) is 13.8 Å². The maximum atomic E-state index is 12.4. The van der Waals surface area contributed by atoms with Crippen LogP contribution in [-0.2, 0) is 0 Å². The highest BCUT2D eigenvalue weighted by Crippen LogP contribution is 2.30. The number of benzene rings is 2. The molecule has 2 aromatic heterocycles. The minimum Gasteiger partial charge on any atom is -0.394 e. The van der Waals surface area contributed by atoms with Gasteiger partial charge in [0.25, 0.3) is 5.91 Å². The zero-order valence-corrected chi connectivity index (χ0v) is 18.7. The third-order valence-electron chi connectivity index (χ3n) is 6.11. The van der Waals surface area contributed by atoms with Crippen LogP contribution in [0.5, 0.6) is 0 Å². The lowest BCUT2D eigenvalue weighted by molar-refractivity contribution is 0.0951. The van der Waals surface area contributed by atoms with E-state index >= 15 is 0 Å². The normalized spacial score (nSPS) is 14.5. The van der Waals surface area contributed by atoms with Crippen molar-refractivity contribution in [1.82, 2.24) is 19.7 Å². The maximum Gasteiger partial charge on any atom is 0.251 e. The quantitative estimate of drug-likeness (QED) is 0.348. The first-order valence-corrected chi connectivity index (χ1v) is 11.2. The largest absolute Gasteiger partial charge is 0.394 e. The van der Waals surface area contributed by atoms with Gasteiger partial charge in [-0.2, -0.15) is 0 Å². The van der Waals surface area contributed by atoms with Gasteiger partial charge in [-0.05, 0) is 62.1 Å². The number of carbonyl (C=O) groups is 1. The van der Waals surface area contributed by atoms with Crippen LogP contribution in [0.15, 0.2) is 42.6 Å². The minimum atomic E-state index is -0.897. The molecule has 1 amide bonds. The predicted molar refractivity (Wildman–Crippen MR) is 127 cm³/mol. The van der Waals surface area contributed by atoms with Crippen molar-refractivity contribution in [3.8, 4) is 11.3 Å². The van der Waals surface area contributed by atoms with Crippen molar-refractivity contribution in [1.29, 1.82) is 0 Å². The molecule has 1 aliphatic carbocycles. The Bertz CT molecular complexity index is 1340. The number of hydrogen-bond acceptors (Lipinski definition) is 6. The van der Waals surface area contributed by atoms with Crippen LogP contribution in [0.2, 0.25) is 0 Å². The van der Waals surface area contributed by atoms with Crippen molar-refractivity contribution in [2.24, 2.45) is 0 Å². The average Bonchev–Trinajstić information content (AvgIpc) is 3.52. The lowest BCUT2D eigenvalue weighted by Gasteiger charge is -2.14. The Balaban J connectivity index is 1.61. The first kappa shape index (κ1) is 21.4. The van der Waals surface area contributed by atoms with Gasteiger partial charge in [0, 0.05) is 23.7 Å². The third-order valence-corrected chi connectivity index (χ3v) is 6.11. The summed E-state index contributed by atoms with van der Waals surface area (Å²) in [5.41, 5.74) is 7.06. The number of imidazole rings is 1. The summed E-state index contributed by atoms with van der Waals surface area (Å²) in [5.74, 6) is 0.488. The predicted octanol–water partition coefficient (Wildman–Crippen LogP) is 2.82. The summed E-state index contributed by atoms with van der Waals surface area (Å²) in [6, 6.07) is 12.0. The summed E-state index contributed by atoms with van der Waals surface area (Å²) < 4.78 is 2.04. The monoisotopic (exact) mass is 445 g/mol. The van der Waals surface area contributed by atoms with Crippen LogP contribution in [0.4, 0.5) is 5.82 Å². The molecule has 2 aromatic carbocycles. The summed E-state index contributed by atoms with van der Waals surface area (Å²) >= 11 is 0. The fraction of sp³-hybridized carbons (Fsp3) is 0.320. The van der Waals surface area contributed by atoms with Gasteiger partial charge in [0.1, 0.15) is 0 Å². The van der Waals surface area contributed by atoms with Crippen LogP contribution < -0.4 is 10.6 Å². The molecule has 0 aliphatic heterocycles. The average molecular weight is 446 g/mol. The molecule has 1 fully saturated rings. The SMILES string of the molecule is Cc1cc2nc(NC[C@@H](O)CO)c3ncc(-c4ccc(C(=O)NC5CC5)cc4)n3c2cc1C. The van der Waals surface area contributed by atoms with E-state index in [9.17, 15) is 15.0 Å². The zero-order valence-electron chi connectivity index (χ0n) is 18.7. The van der Waals surface area contributed by atoms with Crippen molar-refractivity contribution < 1.29 is 15.0 Å². The number of nitrogens with one attached hydrogen (secondary N) is 2. The van der Waals surface area contributed by atoms with Gasteiger partial charge in [-0.15, -0.1) is 0 Å². The number of fused-ring (bicyclic) bond motifs is 3. The summed E-state index contributed by atoms with van der Waals surface area (Å²) in [7, 11) is 0. The Morgan fingerprint density at radius 1 is 1.18 bits per heavy atom. The van der Waals surface area contributed by atoms with E-state index in [0.29, 0.717) is 23.1 Å². The number of nitrogens with zero attached hydrogens (tertiary/aromatic N) is 3. The topological polar surface area (TPSA) is 112 Å². The minimum absolute atomic E-state index is 0.0446. The van der Waals surface area contributed by atoms with Crippen LogP contribution >= 0.6 is 0 Å². The van der Waals surface area contributed by atoms with Crippen molar-refractivity contribution in [3.05, 3.63) is 59.3 Å². The molecule has 33 heavy (non-hydrogen) atoms. The van der Waals surface area contributed by atoms with E-state index in [0.717, 1.165) is 46.3 Å². The molecule has 0 unspecified atom stereocenters. The van der Waals surface area contributed by atoms with E-state index in [1.807, 2.05) is 41.7 Å². The summed E-state index contributed by atoms with van der Waals surface area (Å²) in [4.78, 5) is 21.7. The number of anilines is 1. The lowest BCUT2D eigenvalue weighted by atomic mass is 10.1. The first-order chi connectivity index (χ1) is 15.9. The molecule has 1 aliphatic rings. The van der Waals surface area contributed by atoms with Gasteiger partial charge in [-0.25, -0.2) is 9.97 Å². The highest BCUT2D eigenvalue weighted by Gasteiger charge is 2.24. The van der Waals surface area contributed by atoms with Gasteiger partial charge < -0.3 is 20.8 Å². The van der Waals surface area contributed by atoms with Crippen LogP contribution in [0.1, 0.15) is 34.3 Å². The summed E-state index contributed by atoms with van der Waals surface area (Å²) in [6.07, 6.45) is 3.00. The number of hydrogen-bond donors (Lipinski definition) is 4. The van der Waals surface area contributed by atoms with E-state index in [-0.39, 0.29) is 19.1 Å². The molecule has 0 saturated heterocycles. The van der Waals surface area contributed by atoms with E-state index < -0.39 is 6.10 Å². The molecule has 0 radical (unpaired) electrons. The van der Waals surface area contributed by atoms with E-state index in [4.69, 9.17) is 4.98 Å². The van der Waals surface area contributed by atoms with Crippen molar-refractivity contribution in [2.75, 3.05) is 18.5 Å². The molecule has 1 atom stereocenters. The molecular weight excluding hydrogens is 418 g/mol. The molecule has 4 aromatic rings. The van der Waals surface area contributed by atoms with Crippen LogP contribution in [0.25, 0.3) is 27.9 Å². The second-order valence-electron chi connectivity index (χ2n) is 8.73. The molecule has 8 heteroatoms. The van der Waals surface area contributed by atoms with Crippen molar-refractivity contribution >= 4 is 28.4 Å². The van der Waals surface area contributed by atoms with Gasteiger partial charge in [0.15, 0.2) is 11.5 Å². The van der Waals surface area contributed by atoms with Gasteiger partial charge in [-0.3, -0.25) is 9.20 Å². The first-order valence-electron chi connectivity index (χ1n) is 11.2. The zero-order chi connectivity index (χ0) is 23.1. The molecule has 0 bridgehead atoms.